The third-order valence-electron chi connectivity index (χ3n) is 3.43. The van der Waals surface area contributed by atoms with E-state index in [0.717, 1.165) is 6.42 Å². The van der Waals surface area contributed by atoms with E-state index in [1.54, 1.807) is 25.1 Å². The summed E-state index contributed by atoms with van der Waals surface area (Å²) in [6.45, 7) is 4.54. The fourth-order valence-corrected chi connectivity index (χ4v) is 1.98. The number of amidine groups is 1. The molecule has 0 radical (unpaired) electrons. The van der Waals surface area contributed by atoms with Gasteiger partial charge >= 0.3 is 0 Å². The number of amides is 1. The van der Waals surface area contributed by atoms with Crippen LogP contribution in [0, 0.1) is 5.41 Å². The molecule has 0 aliphatic heterocycles. The number of benzene rings is 1. The zero-order chi connectivity index (χ0) is 16.4. The summed E-state index contributed by atoms with van der Waals surface area (Å²) in [4.78, 5) is 12.0. The minimum absolute atomic E-state index is 0.0622. The number of nitrogens with two attached hydrogens (primary N) is 1. The Labute approximate surface area is 132 Å². The Kier molecular flexibility index (Phi) is 8.04. The molecule has 1 atom stereocenters. The lowest BCUT2D eigenvalue weighted by Crippen LogP contribution is -2.41. The van der Waals surface area contributed by atoms with Gasteiger partial charge in [0.1, 0.15) is 11.6 Å². The first-order chi connectivity index (χ1) is 10.5. The van der Waals surface area contributed by atoms with Gasteiger partial charge in [-0.3, -0.25) is 10.2 Å². The van der Waals surface area contributed by atoms with E-state index in [1.165, 1.54) is 25.7 Å². The third-order valence-corrected chi connectivity index (χ3v) is 3.43. The van der Waals surface area contributed by atoms with Gasteiger partial charge in [0.05, 0.1) is 12.6 Å². The molecule has 0 saturated carbocycles. The minimum atomic E-state index is -0.476. The van der Waals surface area contributed by atoms with Gasteiger partial charge < -0.3 is 15.8 Å². The standard InChI is InChI=1S/C17H27N3O2/c1-3-4-5-6-7-11-22-15-10-8-9-14(12-15)17(21)20-13(2)16(18)19/h8-10,12-13H,3-7,11H2,1-2H3,(H3,18,19)(H,20,21). The SMILES string of the molecule is CCCCCCCOc1cccc(C(=O)NC(C)C(=N)N)c1. The van der Waals surface area contributed by atoms with E-state index in [2.05, 4.69) is 12.2 Å². The summed E-state index contributed by atoms with van der Waals surface area (Å²) in [6.07, 6.45) is 5.94. The van der Waals surface area contributed by atoms with Crippen LogP contribution in [0.15, 0.2) is 24.3 Å². The molecular formula is C17H27N3O2. The van der Waals surface area contributed by atoms with Crippen LogP contribution in [0.4, 0.5) is 0 Å². The first kappa shape index (κ1) is 18.0. The van der Waals surface area contributed by atoms with Gasteiger partial charge in [-0.15, -0.1) is 0 Å². The minimum Gasteiger partial charge on any atom is -0.494 e. The van der Waals surface area contributed by atoms with Crippen molar-refractivity contribution >= 4 is 11.7 Å². The van der Waals surface area contributed by atoms with Crippen molar-refractivity contribution in [1.29, 1.82) is 5.41 Å². The third kappa shape index (κ3) is 6.61. The van der Waals surface area contributed by atoms with Crippen molar-refractivity contribution in [1.82, 2.24) is 5.32 Å². The largest absolute Gasteiger partial charge is 0.494 e. The lowest BCUT2D eigenvalue weighted by Gasteiger charge is -2.13. The molecule has 22 heavy (non-hydrogen) atoms. The Morgan fingerprint density at radius 3 is 2.73 bits per heavy atom. The lowest BCUT2D eigenvalue weighted by molar-refractivity contribution is 0.0948. The maximum absolute atomic E-state index is 12.0. The van der Waals surface area contributed by atoms with Crippen LogP contribution in [-0.4, -0.2) is 24.4 Å². The Morgan fingerprint density at radius 1 is 1.32 bits per heavy atom. The van der Waals surface area contributed by atoms with Crippen LogP contribution in [0.3, 0.4) is 0 Å². The number of hydrogen-bond acceptors (Lipinski definition) is 3. The molecule has 1 aromatic rings. The molecule has 0 aromatic heterocycles. The van der Waals surface area contributed by atoms with Crippen LogP contribution in [0.2, 0.25) is 0 Å². The first-order valence-corrected chi connectivity index (χ1v) is 7.92. The fraction of sp³-hybridized carbons (Fsp3) is 0.529. The quantitative estimate of drug-likeness (QED) is 0.352. The maximum atomic E-state index is 12.0. The molecule has 0 spiro atoms. The number of nitrogens with one attached hydrogen (secondary N) is 2. The topological polar surface area (TPSA) is 88.2 Å². The summed E-state index contributed by atoms with van der Waals surface area (Å²) in [5.41, 5.74) is 5.86. The van der Waals surface area contributed by atoms with Crippen LogP contribution >= 0.6 is 0 Å². The van der Waals surface area contributed by atoms with Crippen molar-refractivity contribution in [3.63, 3.8) is 0 Å². The number of unbranched alkanes of at least 4 members (excludes halogenated alkanes) is 4. The number of ether oxygens (including phenoxy) is 1. The Hall–Kier alpha value is -2.04. The van der Waals surface area contributed by atoms with Gasteiger partial charge in [-0.1, -0.05) is 38.7 Å². The Bertz CT molecular complexity index is 489. The normalized spacial score (nSPS) is 11.7. The highest BCUT2D eigenvalue weighted by atomic mass is 16.5. The molecule has 5 heteroatoms. The average molecular weight is 305 g/mol. The lowest BCUT2D eigenvalue weighted by atomic mass is 10.1. The van der Waals surface area contributed by atoms with Crippen molar-refractivity contribution in [3.8, 4) is 5.75 Å². The average Bonchev–Trinajstić information content (AvgIpc) is 2.50. The van der Waals surface area contributed by atoms with Crippen molar-refractivity contribution in [2.45, 2.75) is 52.0 Å². The smallest absolute Gasteiger partial charge is 0.251 e. The van der Waals surface area contributed by atoms with Crippen LogP contribution in [0.5, 0.6) is 5.75 Å². The fourth-order valence-electron chi connectivity index (χ4n) is 1.98. The molecule has 5 nitrogen and oxygen atoms in total. The predicted molar refractivity (Wildman–Crippen MR) is 89.5 cm³/mol. The summed E-state index contributed by atoms with van der Waals surface area (Å²) in [5, 5.41) is 9.97. The second kappa shape index (κ2) is 9.82. The second-order valence-electron chi connectivity index (χ2n) is 5.44. The van der Waals surface area contributed by atoms with Gasteiger partial charge in [-0.2, -0.15) is 0 Å². The Morgan fingerprint density at radius 2 is 2.05 bits per heavy atom. The molecule has 1 rings (SSSR count). The second-order valence-corrected chi connectivity index (χ2v) is 5.44. The van der Waals surface area contributed by atoms with E-state index < -0.39 is 6.04 Å². The zero-order valence-corrected chi connectivity index (χ0v) is 13.5. The highest BCUT2D eigenvalue weighted by Gasteiger charge is 2.12. The number of carbonyl (C=O) groups is 1. The van der Waals surface area contributed by atoms with E-state index in [0.29, 0.717) is 17.9 Å². The van der Waals surface area contributed by atoms with Gasteiger partial charge in [-0.25, -0.2) is 0 Å². The molecule has 4 N–H and O–H groups in total. The van der Waals surface area contributed by atoms with Gasteiger partial charge in [0.25, 0.3) is 5.91 Å². The van der Waals surface area contributed by atoms with Crippen molar-refractivity contribution in [2.75, 3.05) is 6.61 Å². The number of hydrogen-bond donors (Lipinski definition) is 3. The van der Waals surface area contributed by atoms with Crippen molar-refractivity contribution in [2.24, 2.45) is 5.73 Å². The zero-order valence-electron chi connectivity index (χ0n) is 13.5. The van der Waals surface area contributed by atoms with E-state index in [9.17, 15) is 4.79 Å². The molecule has 0 aliphatic carbocycles. The monoisotopic (exact) mass is 305 g/mol. The summed E-state index contributed by atoms with van der Waals surface area (Å²) >= 11 is 0. The molecule has 0 bridgehead atoms. The Balaban J connectivity index is 2.44. The number of rotatable bonds is 10. The molecule has 0 saturated heterocycles. The summed E-state index contributed by atoms with van der Waals surface area (Å²) in [6, 6.07) is 6.59. The van der Waals surface area contributed by atoms with E-state index in [4.69, 9.17) is 15.9 Å². The molecule has 0 heterocycles. The van der Waals surface area contributed by atoms with Crippen molar-refractivity contribution < 1.29 is 9.53 Å². The van der Waals surface area contributed by atoms with Crippen LogP contribution < -0.4 is 15.8 Å². The highest BCUT2D eigenvalue weighted by molar-refractivity contribution is 5.97. The molecule has 1 aromatic carbocycles. The molecule has 1 amide bonds. The molecule has 122 valence electrons. The van der Waals surface area contributed by atoms with E-state index >= 15 is 0 Å². The number of carbonyl (C=O) groups excluding carboxylic acids is 1. The van der Waals surface area contributed by atoms with Crippen LogP contribution in [0.25, 0.3) is 0 Å². The van der Waals surface area contributed by atoms with Gasteiger partial charge in [0.15, 0.2) is 0 Å². The van der Waals surface area contributed by atoms with Gasteiger partial charge in [0, 0.05) is 5.56 Å². The highest BCUT2D eigenvalue weighted by Crippen LogP contribution is 2.14. The summed E-state index contributed by atoms with van der Waals surface area (Å²) < 4.78 is 5.68. The van der Waals surface area contributed by atoms with E-state index in [1.807, 2.05) is 6.07 Å². The van der Waals surface area contributed by atoms with Gasteiger partial charge in [-0.05, 0) is 31.5 Å². The molecule has 0 aliphatic rings. The first-order valence-electron chi connectivity index (χ1n) is 7.92. The van der Waals surface area contributed by atoms with Gasteiger partial charge in [0.2, 0.25) is 0 Å². The van der Waals surface area contributed by atoms with Crippen molar-refractivity contribution in [3.05, 3.63) is 29.8 Å². The molecule has 1 unspecified atom stereocenters. The van der Waals surface area contributed by atoms with Crippen LogP contribution in [-0.2, 0) is 0 Å². The molecular weight excluding hydrogens is 278 g/mol. The van der Waals surface area contributed by atoms with Crippen LogP contribution in [0.1, 0.15) is 56.3 Å². The molecule has 0 fully saturated rings. The summed E-state index contributed by atoms with van der Waals surface area (Å²) in [5.74, 6) is 0.377. The summed E-state index contributed by atoms with van der Waals surface area (Å²) in [7, 11) is 0. The predicted octanol–water partition coefficient (Wildman–Crippen LogP) is 3.09. The van der Waals surface area contributed by atoms with E-state index in [-0.39, 0.29) is 11.7 Å². The maximum Gasteiger partial charge on any atom is 0.251 e.